The second-order valence-electron chi connectivity index (χ2n) is 7.58. The molecule has 4 rings (SSSR count). The van der Waals surface area contributed by atoms with Crippen molar-refractivity contribution >= 4 is 0 Å². The zero-order valence-corrected chi connectivity index (χ0v) is 15.6. The first-order valence-electron chi connectivity index (χ1n) is 9.42. The van der Waals surface area contributed by atoms with Gasteiger partial charge in [-0.3, -0.25) is 4.90 Å². The van der Waals surface area contributed by atoms with Crippen LogP contribution in [0.5, 0.6) is 0 Å². The lowest BCUT2D eigenvalue weighted by atomic mass is 9.93. The first kappa shape index (κ1) is 17.6. The molecule has 26 heavy (non-hydrogen) atoms. The third-order valence-corrected chi connectivity index (χ3v) is 5.50. The number of nitrogens with zero attached hydrogens (tertiary/aromatic N) is 5. The van der Waals surface area contributed by atoms with Gasteiger partial charge in [0.2, 0.25) is 0 Å². The van der Waals surface area contributed by atoms with E-state index in [1.807, 2.05) is 30.8 Å². The summed E-state index contributed by atoms with van der Waals surface area (Å²) in [6, 6.07) is 2.14. The molecule has 7 nitrogen and oxygen atoms in total. The number of likely N-dealkylation sites (tertiary alicyclic amines) is 1. The van der Waals surface area contributed by atoms with Gasteiger partial charge in [0.05, 0.1) is 11.6 Å². The Morgan fingerprint density at radius 1 is 1.31 bits per heavy atom. The highest BCUT2D eigenvalue weighted by atomic mass is 16.5. The highest BCUT2D eigenvalue weighted by molar-refractivity contribution is 5.50. The highest BCUT2D eigenvalue weighted by Crippen LogP contribution is 2.34. The van der Waals surface area contributed by atoms with Crippen LogP contribution in [0.15, 0.2) is 18.5 Å². The number of hydrogen-bond acceptors (Lipinski definition) is 6. The Bertz CT molecular complexity index is 769. The molecule has 1 atom stereocenters. The highest BCUT2D eigenvalue weighted by Gasteiger charge is 2.37. The Morgan fingerprint density at radius 3 is 2.85 bits per heavy atom. The van der Waals surface area contributed by atoms with Crippen molar-refractivity contribution in [2.75, 3.05) is 26.3 Å². The maximum Gasteiger partial charge on any atom is 0.158 e. The van der Waals surface area contributed by atoms with Crippen molar-refractivity contribution in [1.82, 2.24) is 24.4 Å². The van der Waals surface area contributed by atoms with Crippen LogP contribution >= 0.6 is 0 Å². The number of aliphatic hydroxyl groups is 1. The molecule has 0 aromatic carbocycles. The summed E-state index contributed by atoms with van der Waals surface area (Å²) >= 11 is 0. The molecule has 2 aliphatic rings. The number of rotatable bonds is 4. The Kier molecular flexibility index (Phi) is 4.77. The molecule has 0 radical (unpaired) electrons. The first-order valence-corrected chi connectivity index (χ1v) is 9.42. The number of aryl methyl sites for hydroxylation is 2. The van der Waals surface area contributed by atoms with Gasteiger partial charge in [-0.25, -0.2) is 15.0 Å². The second kappa shape index (κ2) is 7.06. The lowest BCUT2D eigenvalue weighted by Crippen LogP contribution is -2.46. The SMILES string of the molecule is Cc1cc(-c2nccn2C)nc(C2CCCN2CC2(O)CCOCC2)n1. The summed E-state index contributed by atoms with van der Waals surface area (Å²) in [4.78, 5) is 16.3. The van der Waals surface area contributed by atoms with Crippen LogP contribution in [-0.2, 0) is 11.8 Å². The van der Waals surface area contributed by atoms with Gasteiger partial charge in [0.15, 0.2) is 5.82 Å². The van der Waals surface area contributed by atoms with Crippen molar-refractivity contribution in [3.63, 3.8) is 0 Å². The summed E-state index contributed by atoms with van der Waals surface area (Å²) in [6.45, 7) is 4.92. The van der Waals surface area contributed by atoms with Crippen LogP contribution < -0.4 is 0 Å². The van der Waals surface area contributed by atoms with E-state index in [-0.39, 0.29) is 6.04 Å². The van der Waals surface area contributed by atoms with Gasteiger partial charge in [0.1, 0.15) is 11.5 Å². The predicted octanol–water partition coefficient (Wildman–Crippen LogP) is 1.86. The predicted molar refractivity (Wildman–Crippen MR) is 97.5 cm³/mol. The molecule has 4 heterocycles. The third kappa shape index (κ3) is 3.51. The molecule has 0 saturated carbocycles. The Balaban J connectivity index is 1.59. The molecule has 0 spiro atoms. The standard InChI is InChI=1S/C19H27N5O2/c1-14-12-15(18-20-7-9-23(18)2)22-17(21-14)16-4-3-8-24(16)13-19(25)5-10-26-11-6-19/h7,9,12,16,25H,3-6,8,10-11,13H2,1-2H3. The van der Waals surface area contributed by atoms with E-state index >= 15 is 0 Å². The molecule has 2 aromatic heterocycles. The Labute approximate surface area is 154 Å². The molecular formula is C19H27N5O2. The van der Waals surface area contributed by atoms with Gasteiger partial charge in [0, 0.05) is 57.7 Å². The number of aromatic nitrogens is 4. The fraction of sp³-hybridized carbons (Fsp3) is 0.632. The third-order valence-electron chi connectivity index (χ3n) is 5.50. The number of imidazole rings is 1. The van der Waals surface area contributed by atoms with Gasteiger partial charge < -0.3 is 14.4 Å². The van der Waals surface area contributed by atoms with Crippen LogP contribution in [0.25, 0.3) is 11.5 Å². The van der Waals surface area contributed by atoms with Gasteiger partial charge >= 0.3 is 0 Å². The van der Waals surface area contributed by atoms with Gasteiger partial charge in [-0.1, -0.05) is 0 Å². The fourth-order valence-electron chi connectivity index (χ4n) is 4.06. The molecule has 2 saturated heterocycles. The van der Waals surface area contributed by atoms with Crippen molar-refractivity contribution < 1.29 is 9.84 Å². The van der Waals surface area contributed by atoms with Crippen molar-refractivity contribution in [1.29, 1.82) is 0 Å². The minimum atomic E-state index is -0.660. The molecule has 140 valence electrons. The smallest absolute Gasteiger partial charge is 0.158 e. The molecule has 2 fully saturated rings. The molecule has 0 bridgehead atoms. The van der Waals surface area contributed by atoms with E-state index in [2.05, 4.69) is 9.88 Å². The fourth-order valence-corrected chi connectivity index (χ4v) is 4.06. The van der Waals surface area contributed by atoms with Crippen LogP contribution in [0, 0.1) is 6.92 Å². The minimum Gasteiger partial charge on any atom is -0.388 e. The van der Waals surface area contributed by atoms with E-state index < -0.39 is 5.60 Å². The average Bonchev–Trinajstić information content (AvgIpc) is 3.23. The van der Waals surface area contributed by atoms with Crippen molar-refractivity contribution in [3.05, 3.63) is 30.0 Å². The monoisotopic (exact) mass is 357 g/mol. The van der Waals surface area contributed by atoms with Gasteiger partial charge in [-0.15, -0.1) is 0 Å². The lowest BCUT2D eigenvalue weighted by Gasteiger charge is -2.37. The van der Waals surface area contributed by atoms with Crippen LogP contribution in [-0.4, -0.2) is 61.4 Å². The number of ether oxygens (including phenoxy) is 1. The molecule has 2 aliphatic heterocycles. The Hall–Kier alpha value is -1.83. The van der Waals surface area contributed by atoms with E-state index in [1.165, 1.54) is 0 Å². The first-order chi connectivity index (χ1) is 12.5. The summed E-state index contributed by atoms with van der Waals surface area (Å²) < 4.78 is 7.39. The van der Waals surface area contributed by atoms with E-state index in [1.54, 1.807) is 6.20 Å². The molecule has 0 aliphatic carbocycles. The summed E-state index contributed by atoms with van der Waals surface area (Å²) in [5.41, 5.74) is 1.15. The maximum atomic E-state index is 10.9. The molecule has 7 heteroatoms. The maximum absolute atomic E-state index is 10.9. The largest absolute Gasteiger partial charge is 0.388 e. The van der Waals surface area contributed by atoms with E-state index in [9.17, 15) is 5.11 Å². The van der Waals surface area contributed by atoms with Gasteiger partial charge in [-0.05, 0) is 32.4 Å². The van der Waals surface area contributed by atoms with Gasteiger partial charge in [-0.2, -0.15) is 0 Å². The normalized spacial score (nSPS) is 23.4. The van der Waals surface area contributed by atoms with Crippen molar-refractivity contribution in [2.24, 2.45) is 7.05 Å². The summed E-state index contributed by atoms with van der Waals surface area (Å²) in [6.07, 6.45) is 7.24. The number of β-amino-alcohol motifs (C(OH)–C–C–N with tert-alkyl or cyclic N) is 1. The quantitative estimate of drug-likeness (QED) is 0.900. The second-order valence-corrected chi connectivity index (χ2v) is 7.58. The van der Waals surface area contributed by atoms with E-state index in [4.69, 9.17) is 14.7 Å². The zero-order valence-electron chi connectivity index (χ0n) is 15.6. The number of hydrogen-bond donors (Lipinski definition) is 1. The lowest BCUT2D eigenvalue weighted by molar-refractivity contribution is -0.0819. The van der Waals surface area contributed by atoms with E-state index in [0.717, 1.165) is 42.4 Å². The van der Waals surface area contributed by atoms with Gasteiger partial charge in [0.25, 0.3) is 0 Å². The topological polar surface area (TPSA) is 76.3 Å². The summed E-state index contributed by atoms with van der Waals surface area (Å²) in [7, 11) is 1.97. The minimum absolute atomic E-state index is 0.154. The van der Waals surface area contributed by atoms with Crippen LogP contribution in [0.2, 0.25) is 0 Å². The Morgan fingerprint density at radius 2 is 2.12 bits per heavy atom. The molecular weight excluding hydrogens is 330 g/mol. The van der Waals surface area contributed by atoms with Crippen LogP contribution in [0.1, 0.15) is 43.2 Å². The summed E-state index contributed by atoms with van der Waals surface area (Å²) in [5, 5.41) is 10.9. The van der Waals surface area contributed by atoms with Crippen molar-refractivity contribution in [2.45, 2.75) is 44.2 Å². The molecule has 0 amide bonds. The van der Waals surface area contributed by atoms with E-state index in [0.29, 0.717) is 32.6 Å². The molecule has 1 unspecified atom stereocenters. The molecule has 1 N–H and O–H groups in total. The molecule has 2 aromatic rings. The van der Waals surface area contributed by atoms with Crippen LogP contribution in [0.3, 0.4) is 0 Å². The zero-order chi connectivity index (χ0) is 18.1. The van der Waals surface area contributed by atoms with Crippen molar-refractivity contribution in [3.8, 4) is 11.5 Å². The van der Waals surface area contributed by atoms with Crippen LogP contribution in [0.4, 0.5) is 0 Å². The summed E-state index contributed by atoms with van der Waals surface area (Å²) in [5.74, 6) is 1.69. The average molecular weight is 357 g/mol.